The number of ketones is 1. The van der Waals surface area contributed by atoms with E-state index < -0.39 is 0 Å². The number of hydrogen-bond acceptors (Lipinski definition) is 5. The molecule has 0 radical (unpaired) electrons. The molecule has 1 aliphatic carbocycles. The molecule has 4 rings (SSSR count). The van der Waals surface area contributed by atoms with Gasteiger partial charge in [-0.05, 0) is 35.8 Å². The quantitative estimate of drug-likeness (QED) is 0.447. The molecule has 0 amide bonds. The first-order chi connectivity index (χ1) is 16.5. The highest BCUT2D eigenvalue weighted by molar-refractivity contribution is 7.80. The van der Waals surface area contributed by atoms with Gasteiger partial charge in [0, 0.05) is 51.8 Å². The number of piperazine rings is 1. The number of Topliss-reactive ketones (excluding diaryl/α,β-unsaturated/α-hetero) is 1. The van der Waals surface area contributed by atoms with Crippen molar-refractivity contribution in [3.63, 3.8) is 0 Å². The third kappa shape index (κ3) is 6.23. The van der Waals surface area contributed by atoms with E-state index in [1.165, 1.54) is 0 Å². The van der Waals surface area contributed by atoms with Gasteiger partial charge in [-0.2, -0.15) is 0 Å². The van der Waals surface area contributed by atoms with Gasteiger partial charge < -0.3 is 15.3 Å². The first-order valence-electron chi connectivity index (χ1n) is 11.5. The van der Waals surface area contributed by atoms with Gasteiger partial charge in [0.1, 0.15) is 5.76 Å². The number of hydrogen-bond donors (Lipinski definition) is 2. The first-order valence-corrected chi connectivity index (χ1v) is 12.3. The summed E-state index contributed by atoms with van der Waals surface area (Å²) in [6, 6.07) is 17.4. The van der Waals surface area contributed by atoms with Gasteiger partial charge in [0.05, 0.1) is 22.8 Å². The fourth-order valence-corrected chi connectivity index (χ4v) is 4.78. The van der Waals surface area contributed by atoms with Crippen LogP contribution < -0.4 is 5.32 Å². The Balaban J connectivity index is 1.21. The van der Waals surface area contributed by atoms with Crippen LogP contribution in [0.2, 0.25) is 5.02 Å². The zero-order valence-corrected chi connectivity index (χ0v) is 20.6. The average Bonchev–Trinajstić information content (AvgIpc) is 2.85. The van der Waals surface area contributed by atoms with Crippen molar-refractivity contribution >= 4 is 46.6 Å². The number of carbonyl (C=O) groups is 1. The molecule has 34 heavy (non-hydrogen) atoms. The fraction of sp³-hybridized carbons (Fsp3) is 0.346. The molecule has 0 spiro atoms. The van der Waals surface area contributed by atoms with Crippen LogP contribution in [-0.4, -0.2) is 71.3 Å². The summed E-state index contributed by atoms with van der Waals surface area (Å²) in [6.07, 6.45) is 2.43. The first kappa shape index (κ1) is 24.4. The molecule has 0 aromatic heterocycles. The van der Waals surface area contributed by atoms with Crippen LogP contribution in [0.15, 0.2) is 70.9 Å². The Kier molecular flexibility index (Phi) is 8.32. The molecule has 1 fully saturated rings. The maximum absolute atomic E-state index is 12.6. The Bertz CT molecular complexity index is 1080. The number of nitrogens with zero attached hydrogens (tertiary/aromatic N) is 3. The third-order valence-corrected chi connectivity index (χ3v) is 6.98. The van der Waals surface area contributed by atoms with Gasteiger partial charge in [0.25, 0.3) is 0 Å². The molecule has 1 aliphatic heterocycles. The van der Waals surface area contributed by atoms with Crippen LogP contribution in [0.4, 0.5) is 5.69 Å². The number of nitrogens with one attached hydrogen (secondary N) is 1. The van der Waals surface area contributed by atoms with Gasteiger partial charge in [-0.1, -0.05) is 54.1 Å². The van der Waals surface area contributed by atoms with Crippen molar-refractivity contribution in [3.8, 4) is 0 Å². The summed E-state index contributed by atoms with van der Waals surface area (Å²) in [5.41, 5.74) is 2.25. The summed E-state index contributed by atoms with van der Waals surface area (Å²) in [5.74, 6) is 0.122. The van der Waals surface area contributed by atoms with Gasteiger partial charge in [0.2, 0.25) is 0 Å². The van der Waals surface area contributed by atoms with Crippen LogP contribution in [0.1, 0.15) is 24.3 Å². The predicted molar refractivity (Wildman–Crippen MR) is 142 cm³/mol. The second-order valence-corrected chi connectivity index (χ2v) is 9.37. The van der Waals surface area contributed by atoms with Gasteiger partial charge in [0.15, 0.2) is 10.9 Å². The van der Waals surface area contributed by atoms with E-state index in [1.807, 2.05) is 54.6 Å². The minimum Gasteiger partial charge on any atom is -0.511 e. The smallest absolute Gasteiger partial charge is 0.173 e. The average molecular weight is 497 g/mol. The Morgan fingerprint density at radius 2 is 1.79 bits per heavy atom. The molecule has 2 aliphatic rings. The van der Waals surface area contributed by atoms with Crippen molar-refractivity contribution in [3.05, 3.63) is 76.5 Å². The van der Waals surface area contributed by atoms with Crippen LogP contribution in [0.25, 0.3) is 0 Å². The Hall–Kier alpha value is -2.74. The van der Waals surface area contributed by atoms with E-state index in [-0.39, 0.29) is 17.5 Å². The van der Waals surface area contributed by atoms with E-state index in [0.29, 0.717) is 35.1 Å². The van der Waals surface area contributed by atoms with E-state index in [4.69, 9.17) is 23.8 Å². The number of para-hydroxylation sites is 1. The van der Waals surface area contributed by atoms with Crippen LogP contribution in [0.3, 0.4) is 0 Å². The summed E-state index contributed by atoms with van der Waals surface area (Å²) in [4.78, 5) is 21.5. The van der Waals surface area contributed by atoms with Crippen LogP contribution in [0.5, 0.6) is 0 Å². The van der Waals surface area contributed by atoms with Crippen molar-refractivity contribution in [2.45, 2.75) is 18.8 Å². The maximum atomic E-state index is 12.6. The minimum absolute atomic E-state index is 0.0284. The lowest BCUT2D eigenvalue weighted by Gasteiger charge is -2.36. The van der Waals surface area contributed by atoms with Crippen molar-refractivity contribution in [1.82, 2.24) is 9.80 Å². The summed E-state index contributed by atoms with van der Waals surface area (Å²) < 4.78 is 0. The van der Waals surface area contributed by atoms with E-state index in [9.17, 15) is 9.90 Å². The minimum atomic E-state index is -0.0468. The van der Waals surface area contributed by atoms with Crippen LogP contribution >= 0.6 is 23.8 Å². The molecule has 0 saturated carbocycles. The number of rotatable bonds is 6. The SMILES string of the molecule is O=C1CC(c2ccccc2)CC(O)=C1C=NCCN1CCN(C(=S)Nc2ccccc2Cl)CC1. The summed E-state index contributed by atoms with van der Waals surface area (Å²) >= 11 is 11.8. The van der Waals surface area contributed by atoms with Crippen LogP contribution in [-0.2, 0) is 4.79 Å². The number of halogens is 1. The lowest BCUT2D eigenvalue weighted by Crippen LogP contribution is -2.50. The molecule has 1 saturated heterocycles. The number of anilines is 1. The number of carbonyl (C=O) groups excluding carboxylic acids is 1. The predicted octanol–water partition coefficient (Wildman–Crippen LogP) is 4.68. The number of allylic oxidation sites excluding steroid dienone is 2. The van der Waals surface area contributed by atoms with Crippen molar-refractivity contribution in [1.29, 1.82) is 0 Å². The van der Waals surface area contributed by atoms with Gasteiger partial charge in [-0.25, -0.2) is 0 Å². The normalized spacial score (nSPS) is 19.6. The lowest BCUT2D eigenvalue weighted by molar-refractivity contribution is -0.116. The molecule has 178 valence electrons. The van der Waals surface area contributed by atoms with E-state index >= 15 is 0 Å². The summed E-state index contributed by atoms with van der Waals surface area (Å²) in [5, 5.41) is 15.0. The summed E-state index contributed by atoms with van der Waals surface area (Å²) in [6.45, 7) is 4.78. The van der Waals surface area contributed by atoms with Gasteiger partial charge in [-0.3, -0.25) is 14.7 Å². The number of aliphatic hydroxyl groups is 1. The zero-order valence-electron chi connectivity index (χ0n) is 19.0. The lowest BCUT2D eigenvalue weighted by atomic mass is 9.83. The number of aliphatic hydroxyl groups excluding tert-OH is 1. The molecule has 0 bridgehead atoms. The van der Waals surface area contributed by atoms with E-state index in [0.717, 1.165) is 44.0 Å². The fourth-order valence-electron chi connectivity index (χ4n) is 4.30. The molecule has 1 atom stereocenters. The second-order valence-electron chi connectivity index (χ2n) is 8.57. The largest absolute Gasteiger partial charge is 0.511 e. The molecule has 2 N–H and O–H groups in total. The highest BCUT2D eigenvalue weighted by Gasteiger charge is 2.27. The highest BCUT2D eigenvalue weighted by Crippen LogP contribution is 2.32. The Morgan fingerprint density at radius 1 is 1.09 bits per heavy atom. The van der Waals surface area contributed by atoms with Crippen molar-refractivity contribution < 1.29 is 9.90 Å². The molecular weight excluding hydrogens is 468 g/mol. The van der Waals surface area contributed by atoms with E-state index in [1.54, 1.807) is 6.21 Å². The van der Waals surface area contributed by atoms with Gasteiger partial charge in [-0.15, -0.1) is 0 Å². The number of benzene rings is 2. The van der Waals surface area contributed by atoms with Crippen LogP contribution in [0, 0.1) is 0 Å². The Labute approximate surface area is 210 Å². The monoisotopic (exact) mass is 496 g/mol. The molecule has 6 nitrogen and oxygen atoms in total. The molecule has 1 heterocycles. The van der Waals surface area contributed by atoms with E-state index in [2.05, 4.69) is 20.1 Å². The molecule has 8 heteroatoms. The highest BCUT2D eigenvalue weighted by atomic mass is 35.5. The van der Waals surface area contributed by atoms with Crippen molar-refractivity contribution in [2.75, 3.05) is 44.6 Å². The number of aliphatic imine (C=N–C) groups is 1. The third-order valence-electron chi connectivity index (χ3n) is 6.29. The molecule has 1 unspecified atom stereocenters. The molecular formula is C26H29ClN4O2S. The zero-order chi connectivity index (χ0) is 23.9. The maximum Gasteiger partial charge on any atom is 0.173 e. The molecule has 2 aromatic rings. The molecule has 2 aromatic carbocycles. The topological polar surface area (TPSA) is 68.2 Å². The standard InChI is InChI=1S/C26H29ClN4O2S/c27-22-8-4-5-9-23(22)29-26(34)31-14-12-30(13-15-31)11-10-28-18-21-24(32)16-20(17-25(21)33)19-6-2-1-3-7-19/h1-9,18,20,32H,10-17H2,(H,29,34). The van der Waals surface area contributed by atoms with Gasteiger partial charge >= 0.3 is 0 Å². The second kappa shape index (κ2) is 11.6. The summed E-state index contributed by atoms with van der Waals surface area (Å²) in [7, 11) is 0. The van der Waals surface area contributed by atoms with Crippen molar-refractivity contribution in [2.24, 2.45) is 4.99 Å². The number of thiocarbonyl (C=S) groups is 1. The Morgan fingerprint density at radius 3 is 2.50 bits per heavy atom.